The minimum absolute atomic E-state index is 0.232. The average molecular weight is 170 g/mol. The third-order valence-electron chi connectivity index (χ3n) is 3.17. The molecule has 1 fully saturated rings. The molecule has 70 valence electrons. The van der Waals surface area contributed by atoms with Crippen LogP contribution in [0.25, 0.3) is 0 Å². The van der Waals surface area contributed by atoms with Crippen molar-refractivity contribution in [3.63, 3.8) is 0 Å². The summed E-state index contributed by atoms with van der Waals surface area (Å²) >= 11 is 0. The first kappa shape index (κ1) is 9.56. The second kappa shape index (κ2) is 3.08. The molecule has 1 saturated carbocycles. The molecule has 1 aliphatic rings. The SMILES string of the molecule is CC(C)C(C)(CC1CC1)C(=O)O. The predicted molar refractivity (Wildman–Crippen MR) is 47.9 cm³/mol. The van der Waals surface area contributed by atoms with Gasteiger partial charge in [0, 0.05) is 0 Å². The molecule has 1 rings (SSSR count). The predicted octanol–water partition coefficient (Wildman–Crippen LogP) is 2.53. The van der Waals surface area contributed by atoms with Gasteiger partial charge in [-0.1, -0.05) is 26.7 Å². The molecule has 0 amide bonds. The smallest absolute Gasteiger partial charge is 0.309 e. The maximum atomic E-state index is 11.0. The highest BCUT2D eigenvalue weighted by Crippen LogP contribution is 2.43. The van der Waals surface area contributed by atoms with E-state index in [1.165, 1.54) is 12.8 Å². The van der Waals surface area contributed by atoms with Gasteiger partial charge in [-0.3, -0.25) is 4.79 Å². The highest BCUT2D eigenvalue weighted by atomic mass is 16.4. The van der Waals surface area contributed by atoms with Crippen molar-refractivity contribution in [1.29, 1.82) is 0 Å². The molecular weight excluding hydrogens is 152 g/mol. The maximum Gasteiger partial charge on any atom is 0.309 e. The molecule has 0 aromatic heterocycles. The number of rotatable bonds is 4. The zero-order chi connectivity index (χ0) is 9.35. The van der Waals surface area contributed by atoms with E-state index >= 15 is 0 Å². The lowest BCUT2D eigenvalue weighted by atomic mass is 9.75. The average Bonchev–Trinajstić information content (AvgIpc) is 2.70. The molecule has 0 spiro atoms. The fourth-order valence-electron chi connectivity index (χ4n) is 1.49. The Hall–Kier alpha value is -0.530. The topological polar surface area (TPSA) is 37.3 Å². The van der Waals surface area contributed by atoms with Crippen molar-refractivity contribution < 1.29 is 9.90 Å². The molecule has 0 saturated heterocycles. The van der Waals surface area contributed by atoms with Crippen LogP contribution < -0.4 is 0 Å². The van der Waals surface area contributed by atoms with Gasteiger partial charge in [-0.15, -0.1) is 0 Å². The molecule has 2 nitrogen and oxygen atoms in total. The fraction of sp³-hybridized carbons (Fsp3) is 0.900. The van der Waals surface area contributed by atoms with E-state index in [2.05, 4.69) is 0 Å². The number of carboxylic acids is 1. The molecule has 1 N–H and O–H groups in total. The quantitative estimate of drug-likeness (QED) is 0.704. The largest absolute Gasteiger partial charge is 0.481 e. The second-order valence-electron chi connectivity index (χ2n) is 4.52. The van der Waals surface area contributed by atoms with E-state index in [-0.39, 0.29) is 5.92 Å². The van der Waals surface area contributed by atoms with Crippen LogP contribution >= 0.6 is 0 Å². The molecule has 0 aromatic carbocycles. The Bertz CT molecular complexity index is 182. The molecular formula is C10H18O2. The van der Waals surface area contributed by atoms with Crippen molar-refractivity contribution in [3.8, 4) is 0 Å². The summed E-state index contributed by atoms with van der Waals surface area (Å²) in [5.74, 6) is 0.286. The van der Waals surface area contributed by atoms with Crippen LogP contribution in [0.2, 0.25) is 0 Å². The lowest BCUT2D eigenvalue weighted by molar-refractivity contribution is -0.151. The first-order chi connectivity index (χ1) is 5.47. The van der Waals surface area contributed by atoms with E-state index < -0.39 is 11.4 Å². The summed E-state index contributed by atoms with van der Waals surface area (Å²) in [5.41, 5.74) is -0.499. The van der Waals surface area contributed by atoms with Gasteiger partial charge < -0.3 is 5.11 Å². The van der Waals surface area contributed by atoms with Crippen molar-refractivity contribution in [1.82, 2.24) is 0 Å². The standard InChI is InChI=1S/C10H18O2/c1-7(2)10(3,9(11)12)6-8-4-5-8/h7-8H,4-6H2,1-3H3,(H,11,12). The van der Waals surface area contributed by atoms with Gasteiger partial charge >= 0.3 is 5.97 Å². The highest BCUT2D eigenvalue weighted by molar-refractivity contribution is 5.74. The van der Waals surface area contributed by atoms with Crippen LogP contribution in [0.1, 0.15) is 40.0 Å². The zero-order valence-electron chi connectivity index (χ0n) is 8.13. The van der Waals surface area contributed by atoms with Crippen molar-refractivity contribution in [3.05, 3.63) is 0 Å². The van der Waals surface area contributed by atoms with Crippen molar-refractivity contribution in [2.75, 3.05) is 0 Å². The van der Waals surface area contributed by atoms with Crippen molar-refractivity contribution in [2.24, 2.45) is 17.3 Å². The third-order valence-corrected chi connectivity index (χ3v) is 3.17. The molecule has 0 radical (unpaired) electrons. The van der Waals surface area contributed by atoms with Gasteiger partial charge in [-0.05, 0) is 25.2 Å². The normalized spacial score (nSPS) is 22.3. The van der Waals surface area contributed by atoms with E-state index in [1.54, 1.807) is 0 Å². The minimum Gasteiger partial charge on any atom is -0.481 e. The monoisotopic (exact) mass is 170 g/mol. The summed E-state index contributed by atoms with van der Waals surface area (Å²) in [6.45, 7) is 5.87. The lowest BCUT2D eigenvalue weighted by Crippen LogP contribution is -2.33. The molecule has 1 aliphatic carbocycles. The molecule has 12 heavy (non-hydrogen) atoms. The summed E-state index contributed by atoms with van der Waals surface area (Å²) in [5, 5.41) is 9.08. The highest BCUT2D eigenvalue weighted by Gasteiger charge is 2.41. The van der Waals surface area contributed by atoms with Gasteiger partial charge in [0.2, 0.25) is 0 Å². The van der Waals surface area contributed by atoms with Crippen LogP contribution in [0.3, 0.4) is 0 Å². The Morgan fingerprint density at radius 2 is 2.08 bits per heavy atom. The van der Waals surface area contributed by atoms with Crippen LogP contribution in [0, 0.1) is 17.3 Å². The summed E-state index contributed by atoms with van der Waals surface area (Å²) in [6.07, 6.45) is 3.32. The molecule has 0 aromatic rings. The molecule has 1 atom stereocenters. The van der Waals surface area contributed by atoms with Crippen LogP contribution in [0.15, 0.2) is 0 Å². The van der Waals surface area contributed by atoms with Crippen LogP contribution in [0.5, 0.6) is 0 Å². The summed E-state index contributed by atoms with van der Waals surface area (Å²) in [7, 11) is 0. The first-order valence-electron chi connectivity index (χ1n) is 4.70. The van der Waals surface area contributed by atoms with Crippen LogP contribution in [0.4, 0.5) is 0 Å². The Labute approximate surface area is 74.0 Å². The fourth-order valence-corrected chi connectivity index (χ4v) is 1.49. The Balaban J connectivity index is 2.62. The number of carbonyl (C=O) groups is 1. The van der Waals surface area contributed by atoms with Gasteiger partial charge in [-0.25, -0.2) is 0 Å². The number of hydrogen-bond acceptors (Lipinski definition) is 1. The van der Waals surface area contributed by atoms with Crippen LogP contribution in [-0.2, 0) is 4.79 Å². The van der Waals surface area contributed by atoms with Gasteiger partial charge in [-0.2, -0.15) is 0 Å². The molecule has 0 heterocycles. The summed E-state index contributed by atoms with van der Waals surface area (Å²) in [6, 6.07) is 0. The molecule has 2 heteroatoms. The summed E-state index contributed by atoms with van der Waals surface area (Å²) < 4.78 is 0. The third kappa shape index (κ3) is 1.79. The number of aliphatic carboxylic acids is 1. The summed E-state index contributed by atoms with van der Waals surface area (Å²) in [4.78, 5) is 11.0. The number of carboxylic acid groups (broad SMARTS) is 1. The first-order valence-corrected chi connectivity index (χ1v) is 4.70. The number of hydrogen-bond donors (Lipinski definition) is 1. The van der Waals surface area contributed by atoms with Gasteiger partial charge in [0.15, 0.2) is 0 Å². The van der Waals surface area contributed by atoms with E-state index in [1.807, 2.05) is 20.8 Å². The van der Waals surface area contributed by atoms with Crippen molar-refractivity contribution in [2.45, 2.75) is 40.0 Å². The van der Waals surface area contributed by atoms with Crippen LogP contribution in [-0.4, -0.2) is 11.1 Å². The van der Waals surface area contributed by atoms with E-state index in [0.29, 0.717) is 5.92 Å². The minimum atomic E-state index is -0.635. The lowest BCUT2D eigenvalue weighted by Gasteiger charge is -2.28. The Morgan fingerprint density at radius 1 is 1.58 bits per heavy atom. The van der Waals surface area contributed by atoms with Gasteiger partial charge in [0.05, 0.1) is 5.41 Å². The van der Waals surface area contributed by atoms with Crippen molar-refractivity contribution >= 4 is 5.97 Å². The van der Waals surface area contributed by atoms with E-state index in [4.69, 9.17) is 5.11 Å². The van der Waals surface area contributed by atoms with Gasteiger partial charge in [0.1, 0.15) is 0 Å². The van der Waals surface area contributed by atoms with E-state index in [0.717, 1.165) is 6.42 Å². The zero-order valence-corrected chi connectivity index (χ0v) is 8.13. The molecule has 1 unspecified atom stereocenters. The maximum absolute atomic E-state index is 11.0. The molecule has 0 aliphatic heterocycles. The second-order valence-corrected chi connectivity index (χ2v) is 4.52. The van der Waals surface area contributed by atoms with E-state index in [9.17, 15) is 4.79 Å². The van der Waals surface area contributed by atoms with Gasteiger partial charge in [0.25, 0.3) is 0 Å². The molecule has 0 bridgehead atoms. The Morgan fingerprint density at radius 3 is 2.33 bits per heavy atom. The Kier molecular flexibility index (Phi) is 2.45.